The summed E-state index contributed by atoms with van der Waals surface area (Å²) in [5, 5.41) is 34.1. The van der Waals surface area contributed by atoms with E-state index in [1.54, 1.807) is 0 Å². The molecule has 0 radical (unpaired) electrons. The lowest BCUT2D eigenvalue weighted by Gasteiger charge is -2.36. The molecule has 13 heteroatoms. The molecule has 1 aliphatic heterocycles. The van der Waals surface area contributed by atoms with E-state index in [0.29, 0.717) is 18.5 Å². The van der Waals surface area contributed by atoms with E-state index in [2.05, 4.69) is 10.6 Å². The van der Waals surface area contributed by atoms with Crippen molar-refractivity contribution in [2.45, 2.75) is 70.0 Å². The smallest absolute Gasteiger partial charge is 0.326 e. The van der Waals surface area contributed by atoms with Crippen LogP contribution in [0.1, 0.15) is 66.4 Å². The van der Waals surface area contributed by atoms with Gasteiger partial charge in [0.25, 0.3) is 11.6 Å². The number of nitrogens with zero attached hydrogens (tertiary/aromatic N) is 2. The van der Waals surface area contributed by atoms with Gasteiger partial charge in [-0.15, -0.1) is 0 Å². The van der Waals surface area contributed by atoms with Gasteiger partial charge in [-0.05, 0) is 36.1 Å². The molecular weight excluding hydrogens is 548 g/mol. The molecule has 0 bridgehead atoms. The topological polar surface area (TPSA) is 196 Å². The zero-order valence-corrected chi connectivity index (χ0v) is 23.0. The summed E-state index contributed by atoms with van der Waals surface area (Å²) in [4.78, 5) is 72.5. The lowest BCUT2D eigenvalue weighted by atomic mass is 9.92. The second-order valence-corrected chi connectivity index (χ2v) is 10.1. The molecule has 2 atom stereocenters. The zero-order valence-electron chi connectivity index (χ0n) is 23.0. The Hall–Kier alpha value is -4.81. The highest BCUT2D eigenvalue weighted by Gasteiger charge is 2.36. The van der Waals surface area contributed by atoms with Crippen LogP contribution in [0.3, 0.4) is 0 Å². The van der Waals surface area contributed by atoms with Crippen molar-refractivity contribution in [3.63, 3.8) is 0 Å². The number of nitro groups is 1. The molecule has 0 aromatic heterocycles. The third-order valence-corrected chi connectivity index (χ3v) is 7.06. The molecule has 0 unspecified atom stereocenters. The Balaban J connectivity index is 1.44. The van der Waals surface area contributed by atoms with Gasteiger partial charge in [-0.2, -0.15) is 0 Å². The van der Waals surface area contributed by atoms with Crippen LogP contribution >= 0.6 is 0 Å². The maximum absolute atomic E-state index is 13.2. The highest BCUT2D eigenvalue weighted by molar-refractivity contribution is 5.94. The van der Waals surface area contributed by atoms with E-state index in [1.165, 1.54) is 29.2 Å². The van der Waals surface area contributed by atoms with Crippen LogP contribution in [-0.4, -0.2) is 68.3 Å². The SMILES string of the molecule is O=C(O)C[C@H](NC(=O)[C@@H]1Cc2ccccc2CN1C(=O)CCCCCCCNC(=O)c1ccc([N+](=O)[O-])cc1)C(=O)O. The quantitative estimate of drug-likeness (QED) is 0.139. The highest BCUT2D eigenvalue weighted by Crippen LogP contribution is 2.25. The molecule has 4 N–H and O–H groups in total. The van der Waals surface area contributed by atoms with Gasteiger partial charge < -0.3 is 25.7 Å². The van der Waals surface area contributed by atoms with Crippen LogP contribution in [0, 0.1) is 10.1 Å². The van der Waals surface area contributed by atoms with Crippen LogP contribution in [0.25, 0.3) is 0 Å². The van der Waals surface area contributed by atoms with Crippen molar-refractivity contribution < 1.29 is 39.1 Å². The third kappa shape index (κ3) is 9.11. The Morgan fingerprint density at radius 2 is 1.57 bits per heavy atom. The number of aliphatic carboxylic acids is 2. The maximum Gasteiger partial charge on any atom is 0.326 e. The van der Waals surface area contributed by atoms with E-state index < -0.39 is 41.3 Å². The van der Waals surface area contributed by atoms with Crippen molar-refractivity contribution >= 4 is 35.3 Å². The third-order valence-electron chi connectivity index (χ3n) is 7.06. The monoisotopic (exact) mass is 582 g/mol. The van der Waals surface area contributed by atoms with Gasteiger partial charge in [-0.25, -0.2) is 4.79 Å². The summed E-state index contributed by atoms with van der Waals surface area (Å²) in [5.74, 6) is -4.09. The fourth-order valence-electron chi connectivity index (χ4n) is 4.78. The van der Waals surface area contributed by atoms with E-state index in [1.807, 2.05) is 24.3 Å². The Morgan fingerprint density at radius 3 is 2.21 bits per heavy atom. The Morgan fingerprint density at radius 1 is 0.929 bits per heavy atom. The minimum absolute atomic E-state index is 0.0866. The van der Waals surface area contributed by atoms with Gasteiger partial charge in [0.1, 0.15) is 12.1 Å². The van der Waals surface area contributed by atoms with Gasteiger partial charge in [0.15, 0.2) is 0 Å². The number of hydrogen-bond acceptors (Lipinski definition) is 7. The number of non-ortho nitro benzene ring substituents is 1. The lowest BCUT2D eigenvalue weighted by molar-refractivity contribution is -0.384. The molecule has 42 heavy (non-hydrogen) atoms. The minimum Gasteiger partial charge on any atom is -0.481 e. The van der Waals surface area contributed by atoms with Crippen LogP contribution < -0.4 is 10.6 Å². The summed E-state index contributed by atoms with van der Waals surface area (Å²) >= 11 is 0. The van der Waals surface area contributed by atoms with Crippen molar-refractivity contribution in [3.8, 4) is 0 Å². The van der Waals surface area contributed by atoms with Crippen molar-refractivity contribution in [1.29, 1.82) is 0 Å². The van der Waals surface area contributed by atoms with Gasteiger partial charge in [-0.1, -0.05) is 43.5 Å². The average molecular weight is 583 g/mol. The van der Waals surface area contributed by atoms with Gasteiger partial charge >= 0.3 is 11.9 Å². The normalized spacial score (nSPS) is 14.8. The van der Waals surface area contributed by atoms with Crippen LogP contribution in [-0.2, 0) is 32.1 Å². The number of rotatable bonds is 15. The molecule has 1 heterocycles. The van der Waals surface area contributed by atoms with Crippen LogP contribution in [0.2, 0.25) is 0 Å². The molecule has 3 amide bonds. The average Bonchev–Trinajstić information content (AvgIpc) is 2.96. The predicted octanol–water partition coefficient (Wildman–Crippen LogP) is 2.66. The molecule has 13 nitrogen and oxygen atoms in total. The summed E-state index contributed by atoms with van der Waals surface area (Å²) in [6.07, 6.45) is 3.30. The van der Waals surface area contributed by atoms with E-state index >= 15 is 0 Å². The predicted molar refractivity (Wildman–Crippen MR) is 149 cm³/mol. The zero-order chi connectivity index (χ0) is 30.6. The molecule has 0 saturated heterocycles. The minimum atomic E-state index is -1.61. The van der Waals surface area contributed by atoms with Crippen LogP contribution in [0.5, 0.6) is 0 Å². The molecule has 2 aromatic carbocycles. The summed E-state index contributed by atoms with van der Waals surface area (Å²) in [7, 11) is 0. The van der Waals surface area contributed by atoms with Gasteiger partial charge in [0, 0.05) is 43.6 Å². The number of hydrogen-bond donors (Lipinski definition) is 4. The molecular formula is C29H34N4O9. The maximum atomic E-state index is 13.2. The number of carboxylic acids is 2. The van der Waals surface area contributed by atoms with E-state index in [4.69, 9.17) is 5.11 Å². The largest absolute Gasteiger partial charge is 0.481 e. The molecule has 0 fully saturated rings. The summed E-state index contributed by atoms with van der Waals surface area (Å²) in [5.41, 5.74) is 2.02. The fourth-order valence-corrected chi connectivity index (χ4v) is 4.78. The fraction of sp³-hybridized carbons (Fsp3) is 0.414. The number of carboxylic acid groups (broad SMARTS) is 2. The molecule has 224 valence electrons. The highest BCUT2D eigenvalue weighted by atomic mass is 16.6. The number of carbonyl (C=O) groups is 5. The standard InChI is InChI=1S/C29H34N4O9/c34-25(10-4-2-1-3-7-15-30-27(37)19-11-13-22(14-12-19)33(41)42)32-18-21-9-6-5-8-20(21)16-24(32)28(38)31-23(29(39)40)17-26(35)36/h5-6,8-9,11-14,23-24H,1-4,7,10,15-18H2,(H,30,37)(H,31,38)(H,35,36)(H,39,40)/t23-,24-/m0/s1. The first kappa shape index (κ1) is 31.7. The summed E-state index contributed by atoms with van der Waals surface area (Å²) < 4.78 is 0. The number of nitro benzene ring substituents is 1. The molecule has 2 aromatic rings. The van der Waals surface area contributed by atoms with Crippen LogP contribution in [0.4, 0.5) is 5.69 Å². The number of carbonyl (C=O) groups excluding carboxylic acids is 3. The van der Waals surface area contributed by atoms with Gasteiger partial charge in [0.2, 0.25) is 11.8 Å². The Kier molecular flexibility index (Phi) is 11.5. The first-order valence-corrected chi connectivity index (χ1v) is 13.7. The molecule has 0 saturated carbocycles. The summed E-state index contributed by atoms with van der Waals surface area (Å²) in [6, 6.07) is 10.2. The molecule has 3 rings (SSSR count). The van der Waals surface area contributed by atoms with Crippen molar-refractivity contribution in [2.24, 2.45) is 0 Å². The second kappa shape index (κ2) is 15.3. The number of amides is 3. The van der Waals surface area contributed by atoms with Gasteiger partial charge in [-0.3, -0.25) is 29.3 Å². The number of benzene rings is 2. The van der Waals surface area contributed by atoms with E-state index in [-0.39, 0.29) is 36.9 Å². The van der Waals surface area contributed by atoms with Crippen molar-refractivity contribution in [3.05, 3.63) is 75.3 Å². The number of nitrogens with one attached hydrogen (secondary N) is 2. The van der Waals surface area contributed by atoms with Gasteiger partial charge in [0.05, 0.1) is 11.3 Å². The second-order valence-electron chi connectivity index (χ2n) is 10.1. The first-order chi connectivity index (χ1) is 20.1. The molecule has 0 aliphatic carbocycles. The molecule has 0 spiro atoms. The summed E-state index contributed by atoms with van der Waals surface area (Å²) in [6.45, 7) is 0.635. The number of unbranched alkanes of at least 4 members (excludes halogenated alkanes) is 4. The van der Waals surface area contributed by atoms with E-state index in [0.717, 1.165) is 36.8 Å². The Bertz CT molecular complexity index is 1310. The lowest BCUT2D eigenvalue weighted by Crippen LogP contribution is -2.55. The number of fused-ring (bicyclic) bond motifs is 1. The van der Waals surface area contributed by atoms with Crippen molar-refractivity contribution in [2.75, 3.05) is 6.54 Å². The van der Waals surface area contributed by atoms with E-state index in [9.17, 15) is 39.2 Å². The van der Waals surface area contributed by atoms with Crippen molar-refractivity contribution in [1.82, 2.24) is 15.5 Å². The van der Waals surface area contributed by atoms with Crippen LogP contribution in [0.15, 0.2) is 48.5 Å². The first-order valence-electron chi connectivity index (χ1n) is 13.7. The molecule has 1 aliphatic rings. The Labute approximate surface area is 242 Å².